The molecule has 18 heavy (non-hydrogen) atoms. The largest absolute Gasteiger partial charge is 0.345 e. The zero-order valence-corrected chi connectivity index (χ0v) is 12.5. The van der Waals surface area contributed by atoms with Crippen LogP contribution in [0.2, 0.25) is 0 Å². The molecule has 3 atom stereocenters. The molecule has 0 aliphatic carbocycles. The molecule has 0 N–H and O–H groups in total. The fourth-order valence-electron chi connectivity index (χ4n) is 2.79. The Morgan fingerprint density at radius 2 is 2.17 bits per heavy atom. The summed E-state index contributed by atoms with van der Waals surface area (Å²) in [6, 6.07) is 0.511. The highest BCUT2D eigenvalue weighted by atomic mass is 32.1. The van der Waals surface area contributed by atoms with Crippen molar-refractivity contribution in [3.63, 3.8) is 0 Å². The van der Waals surface area contributed by atoms with E-state index >= 15 is 0 Å². The second kappa shape index (κ2) is 5.39. The van der Waals surface area contributed by atoms with Gasteiger partial charge < -0.3 is 4.90 Å². The summed E-state index contributed by atoms with van der Waals surface area (Å²) in [6.45, 7) is 9.98. The number of piperidine rings is 1. The summed E-state index contributed by atoms with van der Waals surface area (Å²) in [5, 5.41) is 1.03. The van der Waals surface area contributed by atoms with Crippen LogP contribution in [0.4, 0.5) is 5.13 Å². The summed E-state index contributed by atoms with van der Waals surface area (Å²) in [6.07, 6.45) is 3.06. The predicted octanol–water partition coefficient (Wildman–Crippen LogP) is 3.39. The van der Waals surface area contributed by atoms with E-state index in [1.807, 2.05) is 0 Å². The van der Waals surface area contributed by atoms with Crippen molar-refractivity contribution < 1.29 is 4.79 Å². The van der Waals surface area contributed by atoms with Crippen molar-refractivity contribution in [2.24, 2.45) is 11.8 Å². The van der Waals surface area contributed by atoms with E-state index in [9.17, 15) is 4.79 Å². The summed E-state index contributed by atoms with van der Waals surface area (Å²) in [7, 11) is 0. The minimum atomic E-state index is 0.511. The van der Waals surface area contributed by atoms with E-state index in [1.165, 1.54) is 6.42 Å². The molecule has 1 aliphatic rings. The highest BCUT2D eigenvalue weighted by Crippen LogP contribution is 2.34. The van der Waals surface area contributed by atoms with E-state index in [-0.39, 0.29) is 0 Å². The van der Waals surface area contributed by atoms with Crippen molar-refractivity contribution >= 4 is 22.8 Å². The molecule has 2 rings (SSSR count). The molecular weight excluding hydrogens is 244 g/mol. The number of aryl methyl sites for hydroxylation is 1. The molecule has 3 unspecified atom stereocenters. The minimum Gasteiger partial charge on any atom is -0.345 e. The van der Waals surface area contributed by atoms with Gasteiger partial charge >= 0.3 is 0 Å². The van der Waals surface area contributed by atoms with Gasteiger partial charge in [0.25, 0.3) is 0 Å². The van der Waals surface area contributed by atoms with E-state index in [4.69, 9.17) is 0 Å². The Labute approximate surface area is 113 Å². The predicted molar refractivity (Wildman–Crippen MR) is 76.6 cm³/mol. The summed E-state index contributed by atoms with van der Waals surface area (Å²) in [5.74, 6) is 1.38. The van der Waals surface area contributed by atoms with Crippen LogP contribution in [0, 0.1) is 11.8 Å². The second-order valence-corrected chi connectivity index (χ2v) is 6.50. The maximum absolute atomic E-state index is 11.0. The molecule has 0 radical (unpaired) electrons. The Balaban J connectivity index is 2.29. The smallest absolute Gasteiger partial charge is 0.186 e. The van der Waals surface area contributed by atoms with Gasteiger partial charge in [-0.1, -0.05) is 32.1 Å². The Hall–Kier alpha value is -0.900. The van der Waals surface area contributed by atoms with Gasteiger partial charge in [0.1, 0.15) is 0 Å². The first-order valence-electron chi connectivity index (χ1n) is 6.78. The number of aldehydes is 1. The quantitative estimate of drug-likeness (QED) is 0.786. The van der Waals surface area contributed by atoms with Crippen LogP contribution >= 0.6 is 11.3 Å². The van der Waals surface area contributed by atoms with Crippen LogP contribution in [0.25, 0.3) is 0 Å². The van der Waals surface area contributed by atoms with Gasteiger partial charge in [-0.15, -0.1) is 0 Å². The lowest BCUT2D eigenvalue weighted by molar-refractivity contribution is 0.112. The molecule has 1 aromatic rings. The van der Waals surface area contributed by atoms with Gasteiger partial charge in [0.05, 0.1) is 10.6 Å². The monoisotopic (exact) mass is 266 g/mol. The van der Waals surface area contributed by atoms with Gasteiger partial charge in [0.2, 0.25) is 0 Å². The fourth-order valence-corrected chi connectivity index (χ4v) is 3.85. The van der Waals surface area contributed by atoms with Crippen LogP contribution in [0.5, 0.6) is 0 Å². The molecule has 0 aromatic carbocycles. The van der Waals surface area contributed by atoms with E-state index in [2.05, 4.69) is 37.6 Å². The molecule has 1 saturated heterocycles. The van der Waals surface area contributed by atoms with Crippen LogP contribution in [-0.4, -0.2) is 23.9 Å². The third-order valence-electron chi connectivity index (χ3n) is 4.00. The zero-order chi connectivity index (χ0) is 13.3. The van der Waals surface area contributed by atoms with E-state index in [0.29, 0.717) is 17.9 Å². The number of thiazole rings is 1. The van der Waals surface area contributed by atoms with Gasteiger partial charge in [-0.3, -0.25) is 4.79 Å². The Morgan fingerprint density at radius 3 is 2.72 bits per heavy atom. The van der Waals surface area contributed by atoms with Crippen molar-refractivity contribution in [1.29, 1.82) is 0 Å². The Kier molecular flexibility index (Phi) is 4.05. The van der Waals surface area contributed by atoms with Crippen LogP contribution in [-0.2, 0) is 6.42 Å². The maximum atomic E-state index is 11.0. The first-order valence-corrected chi connectivity index (χ1v) is 7.60. The normalized spacial score (nSPS) is 28.4. The summed E-state index contributed by atoms with van der Waals surface area (Å²) >= 11 is 1.55. The van der Waals surface area contributed by atoms with Gasteiger partial charge in [0.15, 0.2) is 11.4 Å². The highest BCUT2D eigenvalue weighted by molar-refractivity contribution is 7.17. The number of aromatic nitrogens is 1. The number of hydrogen-bond acceptors (Lipinski definition) is 4. The summed E-state index contributed by atoms with van der Waals surface area (Å²) in [5.41, 5.74) is 0.947. The lowest BCUT2D eigenvalue weighted by atomic mass is 9.86. The van der Waals surface area contributed by atoms with E-state index in [0.717, 1.165) is 35.0 Å². The average Bonchev–Trinajstić information content (AvgIpc) is 2.76. The van der Waals surface area contributed by atoms with E-state index in [1.54, 1.807) is 11.3 Å². The van der Waals surface area contributed by atoms with E-state index < -0.39 is 0 Å². The zero-order valence-electron chi connectivity index (χ0n) is 11.6. The van der Waals surface area contributed by atoms with Gasteiger partial charge in [-0.25, -0.2) is 4.98 Å². The van der Waals surface area contributed by atoms with Crippen LogP contribution in [0.15, 0.2) is 0 Å². The van der Waals surface area contributed by atoms with Crippen LogP contribution in [0.3, 0.4) is 0 Å². The fraction of sp³-hybridized carbons (Fsp3) is 0.714. The SMILES string of the molecule is CCc1nc(N2CC(C)CC(C)C2C)sc1C=O. The number of carbonyl (C=O) groups is 1. The lowest BCUT2D eigenvalue weighted by Gasteiger charge is -2.41. The Morgan fingerprint density at radius 1 is 1.44 bits per heavy atom. The molecule has 3 nitrogen and oxygen atoms in total. The Bertz CT molecular complexity index is 429. The number of nitrogens with zero attached hydrogens (tertiary/aromatic N) is 2. The molecule has 0 bridgehead atoms. The third-order valence-corrected chi connectivity index (χ3v) is 5.06. The maximum Gasteiger partial charge on any atom is 0.186 e. The average molecular weight is 266 g/mol. The van der Waals surface area contributed by atoms with Gasteiger partial charge in [-0.2, -0.15) is 0 Å². The minimum absolute atomic E-state index is 0.511. The highest BCUT2D eigenvalue weighted by Gasteiger charge is 2.30. The van der Waals surface area contributed by atoms with Gasteiger partial charge in [0, 0.05) is 12.6 Å². The topological polar surface area (TPSA) is 33.2 Å². The molecule has 2 heterocycles. The second-order valence-electron chi connectivity index (χ2n) is 5.49. The number of hydrogen-bond donors (Lipinski definition) is 0. The molecule has 100 valence electrons. The van der Waals surface area contributed by atoms with Gasteiger partial charge in [-0.05, 0) is 31.6 Å². The van der Waals surface area contributed by atoms with Crippen molar-refractivity contribution in [2.75, 3.05) is 11.4 Å². The molecule has 1 fully saturated rings. The van der Waals surface area contributed by atoms with Crippen LogP contribution < -0.4 is 4.90 Å². The molecule has 4 heteroatoms. The number of anilines is 1. The molecule has 1 aromatic heterocycles. The lowest BCUT2D eigenvalue weighted by Crippen LogP contribution is -2.45. The van der Waals surface area contributed by atoms with Crippen molar-refractivity contribution in [3.05, 3.63) is 10.6 Å². The van der Waals surface area contributed by atoms with Crippen LogP contribution in [0.1, 0.15) is 49.5 Å². The van der Waals surface area contributed by atoms with Crippen molar-refractivity contribution in [3.8, 4) is 0 Å². The molecule has 1 aliphatic heterocycles. The van der Waals surface area contributed by atoms with Crippen molar-refractivity contribution in [1.82, 2.24) is 4.98 Å². The standard InChI is InChI=1S/C14H22N2OS/c1-5-12-13(8-17)18-14(15-12)16-7-9(2)6-10(3)11(16)4/h8-11H,5-7H2,1-4H3. The summed E-state index contributed by atoms with van der Waals surface area (Å²) in [4.78, 5) is 18.9. The number of rotatable bonds is 3. The molecule has 0 amide bonds. The molecule has 0 spiro atoms. The van der Waals surface area contributed by atoms with Crippen molar-refractivity contribution in [2.45, 2.75) is 46.6 Å². The summed E-state index contributed by atoms with van der Waals surface area (Å²) < 4.78 is 0. The molecule has 0 saturated carbocycles. The number of carbonyl (C=O) groups excluding carboxylic acids is 1. The third kappa shape index (κ3) is 2.44. The first-order chi connectivity index (χ1) is 8.56. The first kappa shape index (κ1) is 13.5. The molecular formula is C14H22N2OS.